The van der Waals surface area contributed by atoms with Gasteiger partial charge in [-0.3, -0.25) is 4.79 Å². The zero-order valence-electron chi connectivity index (χ0n) is 9.61. The maximum Gasteiger partial charge on any atom is 0.225 e. The number of hydrogen-bond donors (Lipinski definition) is 1. The van der Waals surface area contributed by atoms with Crippen molar-refractivity contribution in [1.29, 1.82) is 0 Å². The van der Waals surface area contributed by atoms with Gasteiger partial charge in [-0.2, -0.15) is 0 Å². The van der Waals surface area contributed by atoms with E-state index in [1.165, 1.54) is 25.7 Å². The van der Waals surface area contributed by atoms with Crippen LogP contribution >= 0.6 is 0 Å². The fraction of sp³-hybridized carbons (Fsp3) is 0.917. The van der Waals surface area contributed by atoms with E-state index in [-0.39, 0.29) is 5.92 Å². The minimum atomic E-state index is 0.120. The largest absolute Gasteiger partial charge is 0.339 e. The van der Waals surface area contributed by atoms with Gasteiger partial charge in [0.05, 0.1) is 0 Å². The van der Waals surface area contributed by atoms with Gasteiger partial charge in [0.15, 0.2) is 0 Å². The van der Waals surface area contributed by atoms with E-state index in [0.29, 0.717) is 18.5 Å². The summed E-state index contributed by atoms with van der Waals surface area (Å²) in [5.41, 5.74) is 5.50. The van der Waals surface area contributed by atoms with Crippen molar-refractivity contribution in [3.63, 3.8) is 0 Å². The second-order valence-corrected chi connectivity index (χ2v) is 5.14. The summed E-state index contributed by atoms with van der Waals surface area (Å²) in [6.07, 6.45) is 5.90. The molecule has 0 aromatic heterocycles. The first-order chi connectivity index (χ1) is 7.22. The van der Waals surface area contributed by atoms with E-state index in [9.17, 15) is 4.79 Å². The highest BCUT2D eigenvalue weighted by Gasteiger charge is 2.37. The third-order valence-electron chi connectivity index (χ3n) is 3.44. The van der Waals surface area contributed by atoms with E-state index in [4.69, 9.17) is 5.73 Å². The lowest BCUT2D eigenvalue weighted by Crippen LogP contribution is -2.39. The molecule has 1 unspecified atom stereocenters. The lowest BCUT2D eigenvalue weighted by molar-refractivity contribution is -0.136. The summed E-state index contributed by atoms with van der Waals surface area (Å²) in [4.78, 5) is 14.3. The van der Waals surface area contributed by atoms with Gasteiger partial charge in [0.25, 0.3) is 0 Å². The predicted molar refractivity (Wildman–Crippen MR) is 60.3 cm³/mol. The van der Waals surface area contributed by atoms with Crippen molar-refractivity contribution in [3.8, 4) is 0 Å². The Labute approximate surface area is 92.0 Å². The third kappa shape index (κ3) is 2.94. The molecular formula is C12H22N2O. The molecule has 1 atom stereocenters. The van der Waals surface area contributed by atoms with Crippen LogP contribution in [0.5, 0.6) is 0 Å². The molecule has 3 nitrogen and oxygen atoms in total. The molecule has 0 spiro atoms. The van der Waals surface area contributed by atoms with Crippen LogP contribution in [-0.2, 0) is 4.79 Å². The summed E-state index contributed by atoms with van der Waals surface area (Å²) >= 11 is 0. The molecule has 2 fully saturated rings. The number of rotatable bonds is 6. The van der Waals surface area contributed by atoms with Crippen LogP contribution in [0.15, 0.2) is 0 Å². The topological polar surface area (TPSA) is 46.3 Å². The van der Waals surface area contributed by atoms with Gasteiger partial charge >= 0.3 is 0 Å². The number of amides is 1. The number of hydrogen-bond acceptors (Lipinski definition) is 2. The van der Waals surface area contributed by atoms with Gasteiger partial charge in [0.2, 0.25) is 5.91 Å². The van der Waals surface area contributed by atoms with Crippen molar-refractivity contribution >= 4 is 5.91 Å². The standard InChI is InChI=1S/C12H22N2O/c1-9(6-7-13)12(15)14(11-4-5-11)8-10-2-3-10/h9-11H,2-8,13H2,1H3. The van der Waals surface area contributed by atoms with Crippen molar-refractivity contribution < 1.29 is 4.79 Å². The summed E-state index contributed by atoms with van der Waals surface area (Å²) in [5.74, 6) is 1.27. The summed E-state index contributed by atoms with van der Waals surface area (Å²) < 4.78 is 0. The Morgan fingerprint density at radius 2 is 2.07 bits per heavy atom. The predicted octanol–water partition coefficient (Wildman–Crippen LogP) is 1.37. The van der Waals surface area contributed by atoms with Crippen LogP contribution < -0.4 is 5.73 Å². The molecule has 0 aromatic carbocycles. The Kier molecular flexibility index (Phi) is 3.29. The third-order valence-corrected chi connectivity index (χ3v) is 3.44. The number of carbonyl (C=O) groups is 1. The average molecular weight is 210 g/mol. The molecular weight excluding hydrogens is 188 g/mol. The maximum absolute atomic E-state index is 12.1. The molecule has 2 aliphatic carbocycles. The molecule has 1 amide bonds. The molecule has 0 radical (unpaired) electrons. The molecule has 0 aliphatic heterocycles. The molecule has 2 saturated carbocycles. The Morgan fingerprint density at radius 3 is 2.53 bits per heavy atom. The van der Waals surface area contributed by atoms with Gasteiger partial charge in [-0.05, 0) is 44.6 Å². The number of nitrogens with zero attached hydrogens (tertiary/aromatic N) is 1. The highest BCUT2D eigenvalue weighted by molar-refractivity contribution is 5.79. The van der Waals surface area contributed by atoms with Crippen LogP contribution in [0.25, 0.3) is 0 Å². The molecule has 0 saturated heterocycles. The number of nitrogens with two attached hydrogens (primary N) is 1. The van der Waals surface area contributed by atoms with Crippen molar-refractivity contribution in [2.75, 3.05) is 13.1 Å². The van der Waals surface area contributed by atoms with Crippen LogP contribution in [0, 0.1) is 11.8 Å². The summed E-state index contributed by atoms with van der Waals surface area (Å²) in [7, 11) is 0. The minimum Gasteiger partial charge on any atom is -0.339 e. The SMILES string of the molecule is CC(CCN)C(=O)N(CC1CC1)C1CC1. The lowest BCUT2D eigenvalue weighted by atomic mass is 10.1. The summed E-state index contributed by atoms with van der Waals surface area (Å²) in [6.45, 7) is 3.64. The first-order valence-corrected chi connectivity index (χ1v) is 6.23. The first-order valence-electron chi connectivity index (χ1n) is 6.23. The van der Waals surface area contributed by atoms with Crippen LogP contribution in [-0.4, -0.2) is 29.9 Å². The highest BCUT2D eigenvalue weighted by Crippen LogP contribution is 2.35. The maximum atomic E-state index is 12.1. The number of carbonyl (C=O) groups excluding carboxylic acids is 1. The quantitative estimate of drug-likeness (QED) is 0.719. The Hall–Kier alpha value is -0.570. The molecule has 2 N–H and O–H groups in total. The zero-order valence-corrected chi connectivity index (χ0v) is 9.61. The fourth-order valence-corrected chi connectivity index (χ4v) is 2.04. The average Bonchev–Trinajstić information content (AvgIpc) is 3.04. The Bertz CT molecular complexity index is 234. The van der Waals surface area contributed by atoms with Gasteiger partial charge < -0.3 is 10.6 Å². The monoisotopic (exact) mass is 210 g/mol. The fourth-order valence-electron chi connectivity index (χ4n) is 2.04. The van der Waals surface area contributed by atoms with Gasteiger partial charge in [-0.1, -0.05) is 6.92 Å². The van der Waals surface area contributed by atoms with E-state index in [2.05, 4.69) is 4.90 Å². The minimum absolute atomic E-state index is 0.120. The molecule has 2 aliphatic rings. The normalized spacial score (nSPS) is 22.5. The van der Waals surface area contributed by atoms with Gasteiger partial charge in [-0.15, -0.1) is 0 Å². The zero-order chi connectivity index (χ0) is 10.8. The van der Waals surface area contributed by atoms with E-state index in [0.717, 1.165) is 18.9 Å². The second kappa shape index (κ2) is 4.52. The first kappa shape index (κ1) is 10.9. The van der Waals surface area contributed by atoms with Crippen LogP contribution in [0.1, 0.15) is 39.0 Å². The molecule has 86 valence electrons. The Morgan fingerprint density at radius 1 is 1.40 bits per heavy atom. The molecule has 2 rings (SSSR count). The lowest BCUT2D eigenvalue weighted by Gasteiger charge is -2.25. The Balaban J connectivity index is 1.87. The summed E-state index contributed by atoms with van der Waals surface area (Å²) in [6, 6.07) is 0.568. The molecule has 0 heterocycles. The van der Waals surface area contributed by atoms with Gasteiger partial charge in [0, 0.05) is 18.5 Å². The van der Waals surface area contributed by atoms with E-state index in [1.54, 1.807) is 0 Å². The van der Waals surface area contributed by atoms with Crippen LogP contribution in [0.2, 0.25) is 0 Å². The molecule has 0 bridgehead atoms. The van der Waals surface area contributed by atoms with Crippen molar-refractivity contribution in [1.82, 2.24) is 4.90 Å². The summed E-state index contributed by atoms with van der Waals surface area (Å²) in [5, 5.41) is 0. The molecule has 3 heteroatoms. The van der Waals surface area contributed by atoms with E-state index >= 15 is 0 Å². The van der Waals surface area contributed by atoms with Crippen molar-refractivity contribution in [2.45, 2.75) is 45.1 Å². The van der Waals surface area contributed by atoms with Gasteiger partial charge in [0.1, 0.15) is 0 Å². The van der Waals surface area contributed by atoms with Crippen LogP contribution in [0.3, 0.4) is 0 Å². The molecule has 15 heavy (non-hydrogen) atoms. The van der Waals surface area contributed by atoms with Crippen molar-refractivity contribution in [2.24, 2.45) is 17.6 Å². The van der Waals surface area contributed by atoms with Crippen molar-refractivity contribution in [3.05, 3.63) is 0 Å². The highest BCUT2D eigenvalue weighted by atomic mass is 16.2. The smallest absolute Gasteiger partial charge is 0.225 e. The van der Waals surface area contributed by atoms with Crippen LogP contribution in [0.4, 0.5) is 0 Å². The van der Waals surface area contributed by atoms with E-state index in [1.807, 2.05) is 6.92 Å². The van der Waals surface area contributed by atoms with E-state index < -0.39 is 0 Å². The van der Waals surface area contributed by atoms with Gasteiger partial charge in [-0.25, -0.2) is 0 Å². The molecule has 0 aromatic rings. The second-order valence-electron chi connectivity index (χ2n) is 5.14.